The zero-order chi connectivity index (χ0) is 12.0. The Morgan fingerprint density at radius 3 is 2.69 bits per heavy atom. The number of methoxy groups -OCH3 is 1. The Bertz CT molecular complexity index is 349. The van der Waals surface area contributed by atoms with Crippen LogP contribution in [0.2, 0.25) is 0 Å². The SMILES string of the molecule is CCOC(=O)[C@H](C)Oc1cccc(OC)c1. The van der Waals surface area contributed by atoms with Gasteiger partial charge in [0.2, 0.25) is 0 Å². The van der Waals surface area contributed by atoms with E-state index in [1.165, 1.54) is 0 Å². The molecule has 88 valence electrons. The summed E-state index contributed by atoms with van der Waals surface area (Å²) in [5, 5.41) is 0. The van der Waals surface area contributed by atoms with Crippen molar-refractivity contribution in [3.8, 4) is 11.5 Å². The molecule has 0 aromatic heterocycles. The molecule has 1 aromatic carbocycles. The first-order valence-corrected chi connectivity index (χ1v) is 5.14. The maximum Gasteiger partial charge on any atom is 0.347 e. The van der Waals surface area contributed by atoms with E-state index in [2.05, 4.69) is 0 Å². The third kappa shape index (κ3) is 3.46. The lowest BCUT2D eigenvalue weighted by atomic mass is 10.3. The molecule has 0 aliphatic heterocycles. The molecule has 0 radical (unpaired) electrons. The fraction of sp³-hybridized carbons (Fsp3) is 0.417. The van der Waals surface area contributed by atoms with E-state index in [0.29, 0.717) is 18.1 Å². The number of ether oxygens (including phenoxy) is 3. The average molecular weight is 224 g/mol. The van der Waals surface area contributed by atoms with Crippen LogP contribution in [0.15, 0.2) is 24.3 Å². The van der Waals surface area contributed by atoms with E-state index in [-0.39, 0.29) is 5.97 Å². The van der Waals surface area contributed by atoms with Gasteiger partial charge in [0.05, 0.1) is 13.7 Å². The van der Waals surface area contributed by atoms with Crippen LogP contribution in [0, 0.1) is 0 Å². The first-order chi connectivity index (χ1) is 7.67. The Hall–Kier alpha value is -1.71. The van der Waals surface area contributed by atoms with Crippen molar-refractivity contribution in [1.29, 1.82) is 0 Å². The zero-order valence-corrected chi connectivity index (χ0v) is 9.73. The van der Waals surface area contributed by atoms with E-state index in [9.17, 15) is 4.79 Å². The molecule has 0 unspecified atom stereocenters. The summed E-state index contributed by atoms with van der Waals surface area (Å²) in [4.78, 5) is 11.3. The minimum atomic E-state index is -0.618. The van der Waals surface area contributed by atoms with Crippen LogP contribution in [0.1, 0.15) is 13.8 Å². The topological polar surface area (TPSA) is 44.8 Å². The molecule has 0 spiro atoms. The molecule has 0 bridgehead atoms. The molecule has 0 aliphatic rings. The molecule has 1 aromatic rings. The van der Waals surface area contributed by atoms with Gasteiger partial charge in [0.15, 0.2) is 6.10 Å². The third-order valence-electron chi connectivity index (χ3n) is 1.97. The van der Waals surface area contributed by atoms with Crippen molar-refractivity contribution in [3.05, 3.63) is 24.3 Å². The number of esters is 1. The lowest BCUT2D eigenvalue weighted by Crippen LogP contribution is -2.26. The van der Waals surface area contributed by atoms with Crippen molar-refractivity contribution < 1.29 is 19.0 Å². The monoisotopic (exact) mass is 224 g/mol. The number of carbonyl (C=O) groups is 1. The van der Waals surface area contributed by atoms with Gasteiger partial charge in [0, 0.05) is 6.07 Å². The van der Waals surface area contributed by atoms with Crippen LogP contribution < -0.4 is 9.47 Å². The lowest BCUT2D eigenvalue weighted by molar-refractivity contribution is -0.150. The van der Waals surface area contributed by atoms with E-state index >= 15 is 0 Å². The summed E-state index contributed by atoms with van der Waals surface area (Å²) in [6.45, 7) is 3.76. The smallest absolute Gasteiger partial charge is 0.347 e. The van der Waals surface area contributed by atoms with Gasteiger partial charge >= 0.3 is 5.97 Å². The van der Waals surface area contributed by atoms with Crippen molar-refractivity contribution in [2.45, 2.75) is 20.0 Å². The summed E-state index contributed by atoms with van der Waals surface area (Å²) in [6.07, 6.45) is -0.618. The molecule has 0 amide bonds. The fourth-order valence-electron chi connectivity index (χ4n) is 1.19. The highest BCUT2D eigenvalue weighted by Crippen LogP contribution is 2.20. The predicted octanol–water partition coefficient (Wildman–Crippen LogP) is 2.03. The fourth-order valence-corrected chi connectivity index (χ4v) is 1.19. The summed E-state index contributed by atoms with van der Waals surface area (Å²) in [5.74, 6) is 0.902. The summed E-state index contributed by atoms with van der Waals surface area (Å²) in [6, 6.07) is 7.09. The number of hydrogen-bond donors (Lipinski definition) is 0. The van der Waals surface area contributed by atoms with Gasteiger partial charge in [0.25, 0.3) is 0 Å². The summed E-state index contributed by atoms with van der Waals surface area (Å²) >= 11 is 0. The second-order valence-electron chi connectivity index (χ2n) is 3.19. The Labute approximate surface area is 95.1 Å². The van der Waals surface area contributed by atoms with Crippen LogP contribution >= 0.6 is 0 Å². The van der Waals surface area contributed by atoms with Crippen LogP contribution in [0.5, 0.6) is 11.5 Å². The van der Waals surface area contributed by atoms with Gasteiger partial charge < -0.3 is 14.2 Å². The van der Waals surface area contributed by atoms with Crippen molar-refractivity contribution >= 4 is 5.97 Å². The van der Waals surface area contributed by atoms with Gasteiger partial charge in [-0.1, -0.05) is 6.07 Å². The van der Waals surface area contributed by atoms with E-state index in [1.807, 2.05) is 6.07 Å². The van der Waals surface area contributed by atoms with Crippen molar-refractivity contribution in [2.24, 2.45) is 0 Å². The van der Waals surface area contributed by atoms with Crippen molar-refractivity contribution in [3.63, 3.8) is 0 Å². The highest BCUT2D eigenvalue weighted by atomic mass is 16.6. The molecule has 4 nitrogen and oxygen atoms in total. The number of hydrogen-bond acceptors (Lipinski definition) is 4. The lowest BCUT2D eigenvalue weighted by Gasteiger charge is -2.13. The number of rotatable bonds is 5. The summed E-state index contributed by atoms with van der Waals surface area (Å²) < 4.78 is 15.3. The summed E-state index contributed by atoms with van der Waals surface area (Å²) in [7, 11) is 1.58. The third-order valence-corrected chi connectivity index (χ3v) is 1.97. The Morgan fingerprint density at radius 2 is 2.06 bits per heavy atom. The van der Waals surface area contributed by atoms with Gasteiger partial charge in [-0.15, -0.1) is 0 Å². The quantitative estimate of drug-likeness (QED) is 0.718. The van der Waals surface area contributed by atoms with E-state index in [1.54, 1.807) is 39.2 Å². The molecular formula is C12H16O4. The van der Waals surface area contributed by atoms with Crippen molar-refractivity contribution in [2.75, 3.05) is 13.7 Å². The first kappa shape index (κ1) is 12.4. The molecular weight excluding hydrogens is 208 g/mol. The molecule has 1 rings (SSSR count). The predicted molar refractivity (Wildman–Crippen MR) is 59.7 cm³/mol. The highest BCUT2D eigenvalue weighted by molar-refractivity contribution is 5.74. The van der Waals surface area contributed by atoms with Gasteiger partial charge in [-0.05, 0) is 26.0 Å². The Balaban J connectivity index is 2.61. The van der Waals surface area contributed by atoms with Crippen molar-refractivity contribution in [1.82, 2.24) is 0 Å². The minimum absolute atomic E-state index is 0.352. The standard InChI is InChI=1S/C12H16O4/c1-4-15-12(13)9(2)16-11-7-5-6-10(8-11)14-3/h5-9H,4H2,1-3H3/t9-/m0/s1. The molecule has 0 aliphatic carbocycles. The van der Waals surface area contributed by atoms with Gasteiger partial charge in [-0.3, -0.25) is 0 Å². The van der Waals surface area contributed by atoms with Gasteiger partial charge in [-0.25, -0.2) is 4.79 Å². The number of carbonyl (C=O) groups excluding carboxylic acids is 1. The number of benzene rings is 1. The minimum Gasteiger partial charge on any atom is -0.497 e. The van der Waals surface area contributed by atoms with Crippen LogP contribution in [-0.2, 0) is 9.53 Å². The van der Waals surface area contributed by atoms with Gasteiger partial charge in [0.1, 0.15) is 11.5 Å². The molecule has 4 heteroatoms. The molecule has 0 N–H and O–H groups in total. The Kier molecular flexibility index (Phi) is 4.64. The first-order valence-electron chi connectivity index (χ1n) is 5.14. The molecule has 0 saturated heterocycles. The highest BCUT2D eigenvalue weighted by Gasteiger charge is 2.15. The maximum absolute atomic E-state index is 11.3. The second kappa shape index (κ2) is 6.00. The maximum atomic E-state index is 11.3. The van der Waals surface area contributed by atoms with E-state index in [0.717, 1.165) is 0 Å². The molecule has 0 saturated carbocycles. The molecule has 0 heterocycles. The average Bonchev–Trinajstić information content (AvgIpc) is 2.29. The van der Waals surface area contributed by atoms with E-state index < -0.39 is 6.10 Å². The molecule has 1 atom stereocenters. The van der Waals surface area contributed by atoms with Crippen LogP contribution in [-0.4, -0.2) is 25.8 Å². The van der Waals surface area contributed by atoms with Crippen LogP contribution in [0.3, 0.4) is 0 Å². The van der Waals surface area contributed by atoms with Crippen LogP contribution in [0.4, 0.5) is 0 Å². The molecule has 16 heavy (non-hydrogen) atoms. The van der Waals surface area contributed by atoms with Crippen LogP contribution in [0.25, 0.3) is 0 Å². The summed E-state index contributed by atoms with van der Waals surface area (Å²) in [5.41, 5.74) is 0. The van der Waals surface area contributed by atoms with Gasteiger partial charge in [-0.2, -0.15) is 0 Å². The second-order valence-corrected chi connectivity index (χ2v) is 3.19. The molecule has 0 fully saturated rings. The normalized spacial score (nSPS) is 11.7. The zero-order valence-electron chi connectivity index (χ0n) is 9.73. The largest absolute Gasteiger partial charge is 0.497 e. The Morgan fingerprint density at radius 1 is 1.38 bits per heavy atom. The van der Waals surface area contributed by atoms with E-state index in [4.69, 9.17) is 14.2 Å².